The maximum atomic E-state index is 11.4. The largest absolute Gasteiger partial charge is 0.484 e. The zero-order chi connectivity index (χ0) is 14.3. The number of hydrogen-bond donors (Lipinski definition) is 0. The molecule has 0 saturated heterocycles. The Morgan fingerprint density at radius 1 is 1.42 bits per heavy atom. The summed E-state index contributed by atoms with van der Waals surface area (Å²) in [5, 5.41) is 9.15. The summed E-state index contributed by atoms with van der Waals surface area (Å²) in [7, 11) is 0. The maximum absolute atomic E-state index is 11.4. The van der Waals surface area contributed by atoms with Crippen molar-refractivity contribution in [3.8, 4) is 11.8 Å². The molecule has 0 fully saturated rings. The smallest absolute Gasteiger partial charge is 0.313 e. The minimum absolute atomic E-state index is 0.160. The third-order valence-electron chi connectivity index (χ3n) is 2.12. The van der Waals surface area contributed by atoms with Gasteiger partial charge in [0.05, 0.1) is 11.6 Å². The minimum atomic E-state index is -0.595. The lowest BCUT2D eigenvalue weighted by Crippen LogP contribution is -2.17. The lowest BCUT2D eigenvalue weighted by atomic mass is 10.2. The number of nitriles is 1. The zero-order valence-corrected chi connectivity index (χ0v) is 11.1. The highest BCUT2D eigenvalue weighted by molar-refractivity contribution is 6.31. The molecule has 0 heterocycles. The number of benzene rings is 1. The molecular formula is C13H12ClNO4. The Balaban J connectivity index is 2.58. The average Bonchev–Trinajstić information content (AvgIpc) is 2.36. The molecule has 0 saturated carbocycles. The second kappa shape index (κ2) is 7.39. The SMILES string of the molecule is CCOC(=O)CC(=O)COc1cccc(Cl)c1C#N. The lowest BCUT2D eigenvalue weighted by molar-refractivity contribution is -0.145. The molecule has 0 aromatic heterocycles. The van der Waals surface area contributed by atoms with Gasteiger partial charge in [0.2, 0.25) is 0 Å². The maximum Gasteiger partial charge on any atom is 0.313 e. The Morgan fingerprint density at radius 3 is 2.79 bits per heavy atom. The van der Waals surface area contributed by atoms with Crippen LogP contribution in [0.25, 0.3) is 0 Å². The Kier molecular flexibility index (Phi) is 5.83. The van der Waals surface area contributed by atoms with Gasteiger partial charge in [-0.15, -0.1) is 0 Å². The fourth-order valence-electron chi connectivity index (χ4n) is 1.32. The van der Waals surface area contributed by atoms with Crippen LogP contribution in [0.5, 0.6) is 5.75 Å². The van der Waals surface area contributed by atoms with E-state index in [1.165, 1.54) is 6.07 Å². The Labute approximate surface area is 115 Å². The topological polar surface area (TPSA) is 76.4 Å². The minimum Gasteiger partial charge on any atom is -0.484 e. The van der Waals surface area contributed by atoms with Crippen LogP contribution in [0.1, 0.15) is 18.9 Å². The van der Waals surface area contributed by atoms with Crippen molar-refractivity contribution in [2.45, 2.75) is 13.3 Å². The number of esters is 1. The predicted molar refractivity (Wildman–Crippen MR) is 67.9 cm³/mol. The van der Waals surface area contributed by atoms with Crippen LogP contribution in [0, 0.1) is 11.3 Å². The molecule has 0 amide bonds. The number of carbonyl (C=O) groups is 2. The number of ketones is 1. The quantitative estimate of drug-likeness (QED) is 0.589. The molecule has 0 unspecified atom stereocenters. The van der Waals surface area contributed by atoms with E-state index in [4.69, 9.17) is 21.6 Å². The van der Waals surface area contributed by atoms with Crippen molar-refractivity contribution in [2.75, 3.05) is 13.2 Å². The third-order valence-corrected chi connectivity index (χ3v) is 2.44. The average molecular weight is 282 g/mol. The summed E-state index contributed by atoms with van der Waals surface area (Å²) >= 11 is 5.81. The van der Waals surface area contributed by atoms with Crippen molar-refractivity contribution in [1.29, 1.82) is 5.26 Å². The molecule has 0 spiro atoms. The van der Waals surface area contributed by atoms with Gasteiger partial charge in [-0.2, -0.15) is 5.26 Å². The third kappa shape index (κ3) is 4.60. The van der Waals surface area contributed by atoms with Gasteiger partial charge < -0.3 is 9.47 Å². The molecular weight excluding hydrogens is 270 g/mol. The van der Waals surface area contributed by atoms with E-state index in [1.54, 1.807) is 19.1 Å². The van der Waals surface area contributed by atoms with Crippen molar-refractivity contribution in [3.05, 3.63) is 28.8 Å². The van der Waals surface area contributed by atoms with E-state index in [9.17, 15) is 9.59 Å². The molecule has 0 N–H and O–H groups in total. The molecule has 100 valence electrons. The first-order valence-corrected chi connectivity index (χ1v) is 5.95. The van der Waals surface area contributed by atoms with Crippen LogP contribution >= 0.6 is 11.6 Å². The van der Waals surface area contributed by atoms with Crippen LogP contribution in [0.2, 0.25) is 5.02 Å². The van der Waals surface area contributed by atoms with Crippen LogP contribution in [0.4, 0.5) is 0 Å². The van der Waals surface area contributed by atoms with Gasteiger partial charge in [-0.25, -0.2) is 0 Å². The normalized spacial score (nSPS) is 9.53. The highest BCUT2D eigenvalue weighted by atomic mass is 35.5. The number of Topliss-reactive ketones (excluding diaryl/α,β-unsaturated/α-hetero) is 1. The van der Waals surface area contributed by atoms with Crippen LogP contribution in [0.3, 0.4) is 0 Å². The number of ether oxygens (including phenoxy) is 2. The van der Waals surface area contributed by atoms with Crippen LogP contribution in [-0.2, 0) is 14.3 Å². The number of hydrogen-bond acceptors (Lipinski definition) is 5. The Morgan fingerprint density at radius 2 is 2.16 bits per heavy atom. The first-order valence-electron chi connectivity index (χ1n) is 5.57. The molecule has 5 nitrogen and oxygen atoms in total. The standard InChI is InChI=1S/C13H12ClNO4/c1-2-18-13(17)6-9(16)8-19-12-5-3-4-11(14)10(12)7-15/h3-5H,2,6,8H2,1H3. The fraction of sp³-hybridized carbons (Fsp3) is 0.308. The molecule has 0 radical (unpaired) electrons. The van der Waals surface area contributed by atoms with Crippen LogP contribution in [0.15, 0.2) is 18.2 Å². The lowest BCUT2D eigenvalue weighted by Gasteiger charge is -2.07. The van der Waals surface area contributed by atoms with E-state index in [1.807, 2.05) is 6.07 Å². The summed E-state index contributed by atoms with van der Waals surface area (Å²) in [6.07, 6.45) is -0.351. The number of rotatable bonds is 6. The van der Waals surface area contributed by atoms with Gasteiger partial charge in [0, 0.05) is 0 Å². The molecule has 0 bridgehead atoms. The molecule has 6 heteroatoms. The van der Waals surface area contributed by atoms with Gasteiger partial charge in [-0.05, 0) is 19.1 Å². The van der Waals surface area contributed by atoms with E-state index >= 15 is 0 Å². The second-order valence-electron chi connectivity index (χ2n) is 3.53. The number of nitrogens with zero attached hydrogens (tertiary/aromatic N) is 1. The summed E-state index contributed by atoms with van der Waals surface area (Å²) in [4.78, 5) is 22.5. The Hall–Kier alpha value is -2.06. The number of carbonyl (C=O) groups excluding carboxylic acids is 2. The molecule has 0 aliphatic rings. The van der Waals surface area contributed by atoms with E-state index in [0.717, 1.165) is 0 Å². The van der Waals surface area contributed by atoms with Crippen molar-refractivity contribution >= 4 is 23.4 Å². The highest BCUT2D eigenvalue weighted by Gasteiger charge is 2.13. The van der Waals surface area contributed by atoms with Crippen molar-refractivity contribution in [3.63, 3.8) is 0 Å². The summed E-state index contributed by atoms with van der Waals surface area (Å²) in [5.74, 6) is -0.808. The molecule has 1 aromatic carbocycles. The van der Waals surface area contributed by atoms with Gasteiger partial charge in [0.15, 0.2) is 5.78 Å². The summed E-state index contributed by atoms with van der Waals surface area (Å²) in [6.45, 7) is 1.57. The molecule has 19 heavy (non-hydrogen) atoms. The van der Waals surface area contributed by atoms with E-state index in [-0.39, 0.29) is 36.0 Å². The molecule has 1 rings (SSSR count). The second-order valence-corrected chi connectivity index (χ2v) is 3.94. The molecule has 0 atom stereocenters. The predicted octanol–water partition coefficient (Wildman–Crippen LogP) is 2.11. The van der Waals surface area contributed by atoms with Crippen molar-refractivity contribution in [2.24, 2.45) is 0 Å². The summed E-state index contributed by atoms with van der Waals surface area (Å²) in [5.41, 5.74) is 0.160. The van der Waals surface area contributed by atoms with Gasteiger partial charge in [0.25, 0.3) is 0 Å². The van der Waals surface area contributed by atoms with Crippen molar-refractivity contribution < 1.29 is 19.1 Å². The summed E-state index contributed by atoms with van der Waals surface area (Å²) < 4.78 is 9.83. The van der Waals surface area contributed by atoms with Gasteiger partial charge in [-0.3, -0.25) is 9.59 Å². The molecule has 0 aliphatic carbocycles. The zero-order valence-electron chi connectivity index (χ0n) is 10.3. The van der Waals surface area contributed by atoms with Crippen LogP contribution in [-0.4, -0.2) is 25.0 Å². The fourth-order valence-corrected chi connectivity index (χ4v) is 1.52. The number of halogens is 1. The monoisotopic (exact) mass is 281 g/mol. The van der Waals surface area contributed by atoms with E-state index < -0.39 is 11.8 Å². The van der Waals surface area contributed by atoms with Gasteiger partial charge >= 0.3 is 5.97 Å². The Bertz CT molecular complexity index is 522. The van der Waals surface area contributed by atoms with E-state index in [0.29, 0.717) is 0 Å². The van der Waals surface area contributed by atoms with Crippen molar-refractivity contribution in [1.82, 2.24) is 0 Å². The van der Waals surface area contributed by atoms with E-state index in [2.05, 4.69) is 4.74 Å². The van der Waals surface area contributed by atoms with Gasteiger partial charge in [0.1, 0.15) is 30.4 Å². The molecule has 1 aromatic rings. The summed E-state index contributed by atoms with van der Waals surface area (Å²) in [6, 6.07) is 6.57. The first kappa shape index (κ1) is 15.0. The van der Waals surface area contributed by atoms with Crippen LogP contribution < -0.4 is 4.74 Å². The highest BCUT2D eigenvalue weighted by Crippen LogP contribution is 2.25. The first-order chi connectivity index (χ1) is 9.08. The molecule has 0 aliphatic heterocycles. The van der Waals surface area contributed by atoms with Gasteiger partial charge in [-0.1, -0.05) is 17.7 Å².